The van der Waals surface area contributed by atoms with Crippen LogP contribution in [0, 0.1) is 0 Å². The number of esters is 1. The standard InChI is InChI=1S/C58H103NO5/c1-4-7-10-13-16-19-22-25-27-28-30-33-36-39-42-45-48-51-58(63)64-54(49-46-43-40-37-34-32-29-26-23-20-17-14-11-8-5-2)52-57(62)59-55(53-60)56(61)50-47-44-41-38-35-31-24-21-18-15-12-9-6-3/h16-17,19-20,25-27,29,34,37,43,46,54-56,60-61H,4-15,18,21-24,28,30-33,35-36,38-42,44-45,47-53H2,1-3H3,(H,59,62)/b19-16-,20-17-,27-25-,29-26-,37-34-,46-43-. The third-order valence-electron chi connectivity index (χ3n) is 12.0. The summed E-state index contributed by atoms with van der Waals surface area (Å²) in [4.78, 5) is 26.2. The minimum absolute atomic E-state index is 0.00331. The number of hydrogen-bond donors (Lipinski definition) is 3. The van der Waals surface area contributed by atoms with Crippen molar-refractivity contribution in [2.45, 2.75) is 277 Å². The number of ether oxygens (including phenoxy) is 1. The van der Waals surface area contributed by atoms with Crippen molar-refractivity contribution in [2.24, 2.45) is 0 Å². The molecule has 0 aromatic heterocycles. The Labute approximate surface area is 396 Å². The average Bonchev–Trinajstić information content (AvgIpc) is 3.29. The third kappa shape index (κ3) is 45.9. The van der Waals surface area contributed by atoms with Crippen LogP contribution in [0.4, 0.5) is 0 Å². The summed E-state index contributed by atoms with van der Waals surface area (Å²) in [5, 5.41) is 23.8. The van der Waals surface area contributed by atoms with E-state index in [1.54, 1.807) is 0 Å². The molecule has 6 heteroatoms. The first-order chi connectivity index (χ1) is 31.5. The Kier molecular flexibility index (Phi) is 49.1. The van der Waals surface area contributed by atoms with E-state index in [2.05, 4.69) is 92.9 Å². The SMILES string of the molecule is CCCCC/C=C\C/C=C\C/C=C\C/C=C\CC(CC(=O)NC(CO)C(O)CCCCCCCCCCCCCCC)OC(=O)CCCCCCCCC/C=C\C/C=C\CCCCC. The van der Waals surface area contributed by atoms with Crippen LogP contribution in [-0.4, -0.2) is 46.9 Å². The molecule has 3 N–H and O–H groups in total. The van der Waals surface area contributed by atoms with Gasteiger partial charge in [-0.1, -0.05) is 235 Å². The lowest BCUT2D eigenvalue weighted by Crippen LogP contribution is -2.46. The molecule has 0 aliphatic heterocycles. The second kappa shape index (κ2) is 51.3. The largest absolute Gasteiger partial charge is 0.461 e. The number of aliphatic hydroxyl groups is 2. The minimum atomic E-state index is -0.814. The first kappa shape index (κ1) is 61.3. The summed E-state index contributed by atoms with van der Waals surface area (Å²) in [6, 6.07) is -0.735. The van der Waals surface area contributed by atoms with Crippen LogP contribution in [0.2, 0.25) is 0 Å². The van der Waals surface area contributed by atoms with Gasteiger partial charge in [0.25, 0.3) is 0 Å². The summed E-state index contributed by atoms with van der Waals surface area (Å²) >= 11 is 0. The quantitative estimate of drug-likeness (QED) is 0.0321. The number of allylic oxidation sites excluding steroid dienone is 11. The number of amides is 1. The van der Waals surface area contributed by atoms with Gasteiger partial charge in [-0.2, -0.15) is 0 Å². The van der Waals surface area contributed by atoms with E-state index in [0.29, 0.717) is 19.3 Å². The zero-order valence-electron chi connectivity index (χ0n) is 42.1. The first-order valence-corrected chi connectivity index (χ1v) is 27.2. The molecular formula is C58H103NO5. The van der Waals surface area contributed by atoms with E-state index in [4.69, 9.17) is 4.74 Å². The highest BCUT2D eigenvalue weighted by molar-refractivity contribution is 5.77. The molecule has 0 bridgehead atoms. The highest BCUT2D eigenvalue weighted by atomic mass is 16.5. The highest BCUT2D eigenvalue weighted by Crippen LogP contribution is 2.16. The summed E-state index contributed by atoms with van der Waals surface area (Å²) in [7, 11) is 0. The maximum atomic E-state index is 13.2. The summed E-state index contributed by atoms with van der Waals surface area (Å²) < 4.78 is 5.88. The predicted molar refractivity (Wildman–Crippen MR) is 278 cm³/mol. The summed E-state index contributed by atoms with van der Waals surface area (Å²) in [5.74, 6) is -0.584. The van der Waals surface area contributed by atoms with Crippen molar-refractivity contribution >= 4 is 11.9 Å². The highest BCUT2D eigenvalue weighted by Gasteiger charge is 2.23. The van der Waals surface area contributed by atoms with Gasteiger partial charge in [0.2, 0.25) is 5.91 Å². The van der Waals surface area contributed by atoms with Crippen molar-refractivity contribution < 1.29 is 24.5 Å². The molecule has 0 aromatic rings. The van der Waals surface area contributed by atoms with Crippen LogP contribution in [0.1, 0.15) is 258 Å². The Morgan fingerprint density at radius 3 is 1.28 bits per heavy atom. The molecule has 0 aliphatic carbocycles. The molecular weight excluding hydrogens is 791 g/mol. The molecule has 0 aromatic carbocycles. The molecule has 0 saturated heterocycles. The second-order valence-electron chi connectivity index (χ2n) is 18.3. The van der Waals surface area contributed by atoms with Gasteiger partial charge < -0.3 is 20.3 Å². The van der Waals surface area contributed by atoms with Gasteiger partial charge in [-0.15, -0.1) is 0 Å². The van der Waals surface area contributed by atoms with Crippen molar-refractivity contribution in [3.63, 3.8) is 0 Å². The number of aliphatic hydroxyl groups excluding tert-OH is 2. The molecule has 0 fully saturated rings. The zero-order valence-corrected chi connectivity index (χ0v) is 42.1. The molecule has 3 unspecified atom stereocenters. The molecule has 0 rings (SSSR count). The molecule has 6 nitrogen and oxygen atoms in total. The monoisotopic (exact) mass is 894 g/mol. The maximum absolute atomic E-state index is 13.2. The molecule has 64 heavy (non-hydrogen) atoms. The van der Waals surface area contributed by atoms with Gasteiger partial charge in [-0.25, -0.2) is 0 Å². The fourth-order valence-corrected chi connectivity index (χ4v) is 7.85. The molecule has 0 aliphatic rings. The van der Waals surface area contributed by atoms with Crippen molar-refractivity contribution in [1.82, 2.24) is 5.32 Å². The van der Waals surface area contributed by atoms with Crippen LogP contribution in [-0.2, 0) is 14.3 Å². The van der Waals surface area contributed by atoms with E-state index >= 15 is 0 Å². The van der Waals surface area contributed by atoms with E-state index in [9.17, 15) is 19.8 Å². The van der Waals surface area contributed by atoms with Crippen molar-refractivity contribution in [3.05, 3.63) is 72.9 Å². The lowest BCUT2D eigenvalue weighted by atomic mass is 10.0. The van der Waals surface area contributed by atoms with Crippen molar-refractivity contribution in [3.8, 4) is 0 Å². The van der Waals surface area contributed by atoms with Gasteiger partial charge in [0.1, 0.15) is 6.10 Å². The van der Waals surface area contributed by atoms with E-state index in [1.807, 2.05) is 6.08 Å². The van der Waals surface area contributed by atoms with Gasteiger partial charge in [0, 0.05) is 12.8 Å². The summed E-state index contributed by atoms with van der Waals surface area (Å²) in [6.45, 7) is 6.41. The van der Waals surface area contributed by atoms with Crippen LogP contribution in [0.25, 0.3) is 0 Å². The molecule has 0 spiro atoms. The smallest absolute Gasteiger partial charge is 0.306 e. The van der Waals surface area contributed by atoms with E-state index in [1.165, 1.54) is 141 Å². The lowest BCUT2D eigenvalue weighted by Gasteiger charge is -2.24. The Hall–Kier alpha value is -2.70. The van der Waals surface area contributed by atoms with Gasteiger partial charge in [0.05, 0.1) is 25.2 Å². The van der Waals surface area contributed by atoms with Gasteiger partial charge in [-0.3, -0.25) is 9.59 Å². The maximum Gasteiger partial charge on any atom is 0.306 e. The zero-order chi connectivity index (χ0) is 46.7. The summed E-state index contributed by atoms with van der Waals surface area (Å²) in [5.41, 5.74) is 0. The molecule has 0 heterocycles. The Morgan fingerprint density at radius 1 is 0.469 bits per heavy atom. The first-order valence-electron chi connectivity index (χ1n) is 27.2. The van der Waals surface area contributed by atoms with Crippen LogP contribution in [0.3, 0.4) is 0 Å². The number of hydrogen-bond acceptors (Lipinski definition) is 5. The normalized spacial score (nSPS) is 13.8. The van der Waals surface area contributed by atoms with E-state index in [-0.39, 0.29) is 24.9 Å². The van der Waals surface area contributed by atoms with E-state index < -0.39 is 18.2 Å². The van der Waals surface area contributed by atoms with Crippen LogP contribution >= 0.6 is 0 Å². The molecule has 1 amide bonds. The van der Waals surface area contributed by atoms with Crippen LogP contribution in [0.15, 0.2) is 72.9 Å². The Morgan fingerprint density at radius 2 is 0.828 bits per heavy atom. The van der Waals surface area contributed by atoms with Gasteiger partial charge >= 0.3 is 5.97 Å². The lowest BCUT2D eigenvalue weighted by molar-refractivity contribution is -0.150. The van der Waals surface area contributed by atoms with E-state index in [0.717, 1.165) is 70.6 Å². The Bertz CT molecular complexity index is 1190. The van der Waals surface area contributed by atoms with Crippen molar-refractivity contribution in [1.29, 1.82) is 0 Å². The van der Waals surface area contributed by atoms with Crippen molar-refractivity contribution in [2.75, 3.05) is 6.61 Å². The predicted octanol–water partition coefficient (Wildman–Crippen LogP) is 16.6. The minimum Gasteiger partial charge on any atom is -0.461 e. The average molecular weight is 894 g/mol. The van der Waals surface area contributed by atoms with Crippen LogP contribution in [0.5, 0.6) is 0 Å². The fraction of sp³-hybridized carbons (Fsp3) is 0.759. The molecule has 3 atom stereocenters. The topological polar surface area (TPSA) is 95.9 Å². The summed E-state index contributed by atoms with van der Waals surface area (Å²) in [6.07, 6.45) is 65.4. The Balaban J connectivity index is 4.70. The van der Waals surface area contributed by atoms with Crippen LogP contribution < -0.4 is 5.32 Å². The molecule has 0 radical (unpaired) electrons. The number of unbranched alkanes of at least 4 members (excludes halogenated alkanes) is 25. The number of carbonyl (C=O) groups is 2. The van der Waals surface area contributed by atoms with Gasteiger partial charge in [-0.05, 0) is 77.0 Å². The van der Waals surface area contributed by atoms with Gasteiger partial charge in [0.15, 0.2) is 0 Å². The molecule has 370 valence electrons. The number of rotatable bonds is 48. The fourth-order valence-electron chi connectivity index (χ4n) is 7.85. The number of nitrogens with one attached hydrogen (secondary N) is 1. The second-order valence-corrected chi connectivity index (χ2v) is 18.3. The molecule has 0 saturated carbocycles. The third-order valence-corrected chi connectivity index (χ3v) is 12.0. The number of carbonyl (C=O) groups excluding carboxylic acids is 2.